The highest BCUT2D eigenvalue weighted by atomic mass is 35.5. The molecule has 26 heavy (non-hydrogen) atoms. The lowest BCUT2D eigenvalue weighted by Crippen LogP contribution is -2.27. The van der Waals surface area contributed by atoms with Gasteiger partial charge in [-0.3, -0.25) is 0 Å². The molecule has 0 bridgehead atoms. The summed E-state index contributed by atoms with van der Waals surface area (Å²) in [5.74, 6) is 0.823. The molecule has 142 valence electrons. The van der Waals surface area contributed by atoms with Crippen LogP contribution >= 0.6 is 23.2 Å². The minimum absolute atomic E-state index is 0.360. The summed E-state index contributed by atoms with van der Waals surface area (Å²) < 4.78 is 5.88. The predicted octanol–water partition coefficient (Wildman–Crippen LogP) is 5.39. The molecule has 0 heterocycles. The Bertz CT molecular complexity index is 655. The molecule has 5 heteroatoms. The van der Waals surface area contributed by atoms with Crippen molar-refractivity contribution in [1.82, 2.24) is 10.2 Å². The van der Waals surface area contributed by atoms with E-state index in [-0.39, 0.29) is 0 Å². The van der Waals surface area contributed by atoms with E-state index in [1.165, 1.54) is 5.56 Å². The lowest BCUT2D eigenvalue weighted by molar-refractivity contribution is 0.297. The normalized spacial score (nSPS) is 11.1. The molecule has 2 rings (SSSR count). The topological polar surface area (TPSA) is 24.5 Å². The summed E-state index contributed by atoms with van der Waals surface area (Å²) in [5, 5.41) is 4.76. The summed E-state index contributed by atoms with van der Waals surface area (Å²) >= 11 is 12.4. The van der Waals surface area contributed by atoms with Crippen LogP contribution in [-0.4, -0.2) is 31.1 Å². The van der Waals surface area contributed by atoms with E-state index in [4.69, 9.17) is 27.9 Å². The maximum absolute atomic E-state index is 6.19. The maximum atomic E-state index is 6.19. The maximum Gasteiger partial charge on any atom is 0.120 e. The highest BCUT2D eigenvalue weighted by Gasteiger charge is 2.06. The zero-order chi connectivity index (χ0) is 18.8. The van der Waals surface area contributed by atoms with E-state index in [9.17, 15) is 0 Å². The number of nitrogens with one attached hydrogen (secondary N) is 1. The molecular formula is C21H28Cl2N2O. The number of benzene rings is 2. The Hall–Kier alpha value is -1.26. The van der Waals surface area contributed by atoms with E-state index in [1.54, 1.807) is 0 Å². The summed E-state index contributed by atoms with van der Waals surface area (Å²) in [5.41, 5.74) is 2.02. The van der Waals surface area contributed by atoms with Crippen molar-refractivity contribution in [2.24, 2.45) is 0 Å². The SMILES string of the molecule is CCN(CC)CCCNCc1cccc(OCc2c(Cl)cccc2Cl)c1. The standard InChI is InChI=1S/C21H28Cl2N2O/c1-3-25(4-2)13-7-12-24-15-17-8-5-9-18(14-17)26-16-19-20(22)10-6-11-21(19)23/h5-6,8-11,14,24H,3-4,7,12-13,15-16H2,1-2H3. The number of ether oxygens (including phenoxy) is 1. The van der Waals surface area contributed by atoms with Crippen LogP contribution in [0, 0.1) is 0 Å². The van der Waals surface area contributed by atoms with Crippen molar-refractivity contribution >= 4 is 23.2 Å². The summed E-state index contributed by atoms with van der Waals surface area (Å²) in [6.07, 6.45) is 1.16. The van der Waals surface area contributed by atoms with Gasteiger partial charge in [0, 0.05) is 22.2 Å². The molecule has 0 fully saturated rings. The van der Waals surface area contributed by atoms with Gasteiger partial charge in [-0.05, 0) is 62.4 Å². The van der Waals surface area contributed by atoms with E-state index in [0.717, 1.165) is 50.5 Å². The number of rotatable bonds is 11. The molecule has 0 amide bonds. The van der Waals surface area contributed by atoms with Crippen LogP contribution in [0.5, 0.6) is 5.75 Å². The molecule has 1 N–H and O–H groups in total. The Kier molecular flexibility index (Phi) is 9.27. The molecule has 2 aromatic carbocycles. The van der Waals surface area contributed by atoms with Crippen LogP contribution in [0.25, 0.3) is 0 Å². The van der Waals surface area contributed by atoms with Gasteiger partial charge >= 0.3 is 0 Å². The molecule has 0 unspecified atom stereocenters. The quantitative estimate of drug-likeness (QED) is 0.516. The van der Waals surface area contributed by atoms with E-state index in [2.05, 4.69) is 36.2 Å². The molecule has 0 atom stereocenters. The van der Waals surface area contributed by atoms with E-state index in [1.807, 2.05) is 30.3 Å². The molecule has 2 aromatic rings. The van der Waals surface area contributed by atoms with Gasteiger partial charge in [0.1, 0.15) is 12.4 Å². The lowest BCUT2D eigenvalue weighted by atomic mass is 10.2. The first-order valence-corrected chi connectivity index (χ1v) is 9.97. The molecule has 0 spiro atoms. The van der Waals surface area contributed by atoms with Crippen molar-refractivity contribution in [3.8, 4) is 5.75 Å². The molecule has 0 aromatic heterocycles. The van der Waals surface area contributed by atoms with Crippen LogP contribution in [0.3, 0.4) is 0 Å². The summed E-state index contributed by atoms with van der Waals surface area (Å²) in [6.45, 7) is 9.99. The fourth-order valence-electron chi connectivity index (χ4n) is 2.77. The second-order valence-electron chi connectivity index (χ2n) is 6.19. The second kappa shape index (κ2) is 11.5. The number of hydrogen-bond acceptors (Lipinski definition) is 3. The van der Waals surface area contributed by atoms with E-state index < -0.39 is 0 Å². The minimum atomic E-state index is 0.360. The minimum Gasteiger partial charge on any atom is -0.489 e. The van der Waals surface area contributed by atoms with Gasteiger partial charge in [0.2, 0.25) is 0 Å². The van der Waals surface area contributed by atoms with Crippen LogP contribution < -0.4 is 10.1 Å². The zero-order valence-corrected chi connectivity index (χ0v) is 17.1. The predicted molar refractivity (Wildman–Crippen MR) is 111 cm³/mol. The van der Waals surface area contributed by atoms with Crippen LogP contribution in [0.2, 0.25) is 10.0 Å². The fraction of sp³-hybridized carbons (Fsp3) is 0.429. The van der Waals surface area contributed by atoms with Crippen LogP contribution in [0.15, 0.2) is 42.5 Å². The first kappa shape index (κ1) is 21.0. The molecule has 3 nitrogen and oxygen atoms in total. The second-order valence-corrected chi connectivity index (χ2v) is 7.01. The third kappa shape index (κ3) is 6.81. The Morgan fingerprint density at radius 3 is 2.38 bits per heavy atom. The third-order valence-corrected chi connectivity index (χ3v) is 5.10. The lowest BCUT2D eigenvalue weighted by Gasteiger charge is -2.17. The number of nitrogens with zero attached hydrogens (tertiary/aromatic N) is 1. The highest BCUT2D eigenvalue weighted by molar-refractivity contribution is 6.35. The summed E-state index contributed by atoms with van der Waals surface area (Å²) in [6, 6.07) is 13.6. The van der Waals surface area contributed by atoms with Gasteiger partial charge in [-0.2, -0.15) is 0 Å². The largest absolute Gasteiger partial charge is 0.489 e. The van der Waals surface area contributed by atoms with Crippen molar-refractivity contribution < 1.29 is 4.74 Å². The Morgan fingerprint density at radius 1 is 1.00 bits per heavy atom. The summed E-state index contributed by atoms with van der Waals surface area (Å²) in [7, 11) is 0. The van der Waals surface area contributed by atoms with Crippen molar-refractivity contribution in [1.29, 1.82) is 0 Å². The monoisotopic (exact) mass is 394 g/mol. The fourth-order valence-corrected chi connectivity index (χ4v) is 3.28. The van der Waals surface area contributed by atoms with Crippen LogP contribution in [0.4, 0.5) is 0 Å². The number of halogens is 2. The molecule has 0 aliphatic heterocycles. The third-order valence-electron chi connectivity index (χ3n) is 4.39. The smallest absolute Gasteiger partial charge is 0.120 e. The molecule has 0 radical (unpaired) electrons. The van der Waals surface area contributed by atoms with Crippen LogP contribution in [0.1, 0.15) is 31.4 Å². The van der Waals surface area contributed by atoms with Crippen molar-refractivity contribution in [2.75, 3.05) is 26.2 Å². The molecular weight excluding hydrogens is 367 g/mol. The first-order valence-electron chi connectivity index (χ1n) is 9.21. The molecule has 0 aliphatic carbocycles. The average Bonchev–Trinajstić information content (AvgIpc) is 2.65. The molecule has 0 aliphatic rings. The zero-order valence-electron chi connectivity index (χ0n) is 15.6. The Labute approximate surface area is 167 Å². The van der Waals surface area contributed by atoms with Gasteiger partial charge in [-0.1, -0.05) is 55.2 Å². The van der Waals surface area contributed by atoms with Gasteiger partial charge in [0.05, 0.1) is 0 Å². The average molecular weight is 395 g/mol. The highest BCUT2D eigenvalue weighted by Crippen LogP contribution is 2.26. The molecule has 0 saturated heterocycles. The van der Waals surface area contributed by atoms with Crippen molar-refractivity contribution in [3.63, 3.8) is 0 Å². The van der Waals surface area contributed by atoms with Gasteiger partial charge in [0.15, 0.2) is 0 Å². The van der Waals surface area contributed by atoms with E-state index in [0.29, 0.717) is 16.7 Å². The van der Waals surface area contributed by atoms with Gasteiger partial charge in [0.25, 0.3) is 0 Å². The Morgan fingerprint density at radius 2 is 1.69 bits per heavy atom. The van der Waals surface area contributed by atoms with Gasteiger partial charge < -0.3 is 15.0 Å². The van der Waals surface area contributed by atoms with Gasteiger partial charge in [-0.25, -0.2) is 0 Å². The summed E-state index contributed by atoms with van der Waals surface area (Å²) in [4.78, 5) is 2.44. The van der Waals surface area contributed by atoms with Crippen LogP contribution in [-0.2, 0) is 13.2 Å². The first-order chi connectivity index (χ1) is 12.6. The Balaban J connectivity index is 1.79. The van der Waals surface area contributed by atoms with Crippen molar-refractivity contribution in [3.05, 3.63) is 63.6 Å². The number of hydrogen-bond donors (Lipinski definition) is 1. The van der Waals surface area contributed by atoms with Crippen molar-refractivity contribution in [2.45, 2.75) is 33.4 Å². The molecule has 0 saturated carbocycles. The van der Waals surface area contributed by atoms with Gasteiger partial charge in [-0.15, -0.1) is 0 Å². The van der Waals surface area contributed by atoms with E-state index >= 15 is 0 Å².